The summed E-state index contributed by atoms with van der Waals surface area (Å²) in [6, 6.07) is 18.1. The maximum Gasteiger partial charge on any atom is 0.0921 e. The molecule has 0 aliphatic carbocycles. The SMILES string of the molecule is Cc1ccc(C(Cc2cccnc2[C@@H]2CCC[C@H](c3nc(Cc4cnc[nH]4)ccc3C)N2)c2cnc[nH]2)nc1[C@H]1CCC[C@@H](c2ncccc2C)N1C. The minimum absolute atomic E-state index is 0.00927. The summed E-state index contributed by atoms with van der Waals surface area (Å²) in [5.74, 6) is -0.00927. The number of nitrogens with one attached hydrogen (secondary N) is 3. The molecule has 0 spiro atoms. The van der Waals surface area contributed by atoms with Gasteiger partial charge in [0.2, 0.25) is 0 Å². The highest BCUT2D eigenvalue weighted by Crippen LogP contribution is 2.42. The van der Waals surface area contributed by atoms with Crippen LogP contribution in [-0.4, -0.2) is 51.8 Å². The third-order valence-corrected chi connectivity index (χ3v) is 11.5. The van der Waals surface area contributed by atoms with Gasteiger partial charge in [0.05, 0.1) is 65.3 Å². The van der Waals surface area contributed by atoms with E-state index in [-0.39, 0.29) is 30.1 Å². The Kier molecular flexibility index (Phi) is 10.2. The summed E-state index contributed by atoms with van der Waals surface area (Å²) in [7, 11) is 2.25. The molecule has 5 atom stereocenters. The second-order valence-corrected chi connectivity index (χ2v) is 15.0. The van der Waals surface area contributed by atoms with Crippen molar-refractivity contribution < 1.29 is 0 Å². The van der Waals surface area contributed by atoms with Crippen LogP contribution in [0.4, 0.5) is 0 Å². The van der Waals surface area contributed by atoms with E-state index in [2.05, 4.69) is 100 Å². The predicted octanol–water partition coefficient (Wildman–Crippen LogP) is 8.06. The highest BCUT2D eigenvalue weighted by Gasteiger charge is 2.34. The predicted molar refractivity (Wildman–Crippen MR) is 206 cm³/mol. The van der Waals surface area contributed by atoms with E-state index >= 15 is 0 Å². The minimum atomic E-state index is -0.00927. The maximum atomic E-state index is 5.53. The van der Waals surface area contributed by atoms with Crippen LogP contribution in [0.25, 0.3) is 0 Å². The number of likely N-dealkylation sites (tertiary alicyclic amines) is 1. The van der Waals surface area contributed by atoms with Crippen molar-refractivity contribution in [1.82, 2.24) is 50.1 Å². The van der Waals surface area contributed by atoms with Crippen LogP contribution in [0.3, 0.4) is 0 Å². The van der Waals surface area contributed by atoms with Crippen LogP contribution in [-0.2, 0) is 12.8 Å². The van der Waals surface area contributed by atoms with Crippen molar-refractivity contribution >= 4 is 0 Å². The van der Waals surface area contributed by atoms with Crippen molar-refractivity contribution in [3.8, 4) is 0 Å². The fourth-order valence-electron chi connectivity index (χ4n) is 8.70. The molecule has 0 bridgehead atoms. The Hall–Kier alpha value is -5.06. The number of nitrogens with zero attached hydrogens (tertiary/aromatic N) is 7. The fraction of sp³-hybridized carbons (Fsp3) is 0.395. The van der Waals surface area contributed by atoms with Crippen molar-refractivity contribution in [2.45, 2.75) is 102 Å². The van der Waals surface area contributed by atoms with Crippen molar-refractivity contribution in [3.63, 3.8) is 0 Å². The van der Waals surface area contributed by atoms with Crippen LogP contribution in [0.5, 0.6) is 0 Å². The van der Waals surface area contributed by atoms with E-state index in [4.69, 9.17) is 19.9 Å². The van der Waals surface area contributed by atoms with Gasteiger partial charge in [-0.25, -0.2) is 9.97 Å². The van der Waals surface area contributed by atoms with E-state index in [0.29, 0.717) is 0 Å². The number of aryl methyl sites for hydroxylation is 3. The van der Waals surface area contributed by atoms with Crippen LogP contribution < -0.4 is 5.32 Å². The molecule has 2 fully saturated rings. The number of piperidine rings is 2. The molecule has 1 unspecified atom stereocenters. The number of hydrogen-bond acceptors (Lipinski definition) is 8. The average molecular weight is 707 g/mol. The molecule has 272 valence electrons. The molecule has 0 aromatic carbocycles. The van der Waals surface area contributed by atoms with Gasteiger partial charge in [0.25, 0.3) is 0 Å². The molecule has 0 amide bonds. The van der Waals surface area contributed by atoms with E-state index in [0.717, 1.165) is 91.2 Å². The molecule has 0 saturated carbocycles. The lowest BCUT2D eigenvalue weighted by molar-refractivity contribution is 0.108. The van der Waals surface area contributed by atoms with Crippen LogP contribution in [0.15, 0.2) is 86.0 Å². The molecule has 6 aromatic rings. The van der Waals surface area contributed by atoms with Gasteiger partial charge in [0.15, 0.2) is 0 Å². The van der Waals surface area contributed by atoms with E-state index < -0.39 is 0 Å². The summed E-state index contributed by atoms with van der Waals surface area (Å²) in [5, 5.41) is 4.00. The summed E-state index contributed by atoms with van der Waals surface area (Å²) in [6.45, 7) is 6.55. The topological polar surface area (TPSA) is 124 Å². The lowest BCUT2D eigenvalue weighted by Crippen LogP contribution is -2.35. The first-order valence-corrected chi connectivity index (χ1v) is 19.2. The quantitative estimate of drug-likeness (QED) is 0.131. The van der Waals surface area contributed by atoms with E-state index in [1.54, 1.807) is 12.7 Å². The Morgan fingerprint density at radius 1 is 0.698 bits per heavy atom. The van der Waals surface area contributed by atoms with Crippen LogP contribution in [0.2, 0.25) is 0 Å². The molecule has 10 heteroatoms. The van der Waals surface area contributed by atoms with Crippen LogP contribution in [0.1, 0.15) is 136 Å². The monoisotopic (exact) mass is 706 g/mol. The highest BCUT2D eigenvalue weighted by atomic mass is 15.2. The molecule has 3 N–H and O–H groups in total. The van der Waals surface area contributed by atoms with Crippen molar-refractivity contribution in [2.75, 3.05) is 7.05 Å². The van der Waals surface area contributed by atoms with Crippen molar-refractivity contribution in [3.05, 3.63) is 154 Å². The second-order valence-electron chi connectivity index (χ2n) is 15.0. The summed E-state index contributed by atoms with van der Waals surface area (Å²) in [4.78, 5) is 38.4. The first-order chi connectivity index (χ1) is 25.9. The third-order valence-electron chi connectivity index (χ3n) is 11.5. The van der Waals surface area contributed by atoms with Crippen LogP contribution >= 0.6 is 0 Å². The van der Waals surface area contributed by atoms with Gasteiger partial charge in [0, 0.05) is 54.2 Å². The molecule has 2 aliphatic heterocycles. The summed E-state index contributed by atoms with van der Waals surface area (Å²) >= 11 is 0. The number of imidazole rings is 2. The van der Waals surface area contributed by atoms with Gasteiger partial charge in [-0.05, 0) is 119 Å². The number of aromatic nitrogens is 8. The zero-order valence-corrected chi connectivity index (χ0v) is 31.3. The molecule has 2 saturated heterocycles. The fourth-order valence-corrected chi connectivity index (χ4v) is 8.70. The van der Waals surface area contributed by atoms with E-state index in [1.807, 2.05) is 30.9 Å². The molecule has 2 aliphatic rings. The van der Waals surface area contributed by atoms with E-state index in [1.165, 1.54) is 27.9 Å². The van der Waals surface area contributed by atoms with Crippen molar-refractivity contribution in [2.24, 2.45) is 0 Å². The molecule has 53 heavy (non-hydrogen) atoms. The average Bonchev–Trinajstić information content (AvgIpc) is 3.91. The van der Waals surface area contributed by atoms with Gasteiger partial charge >= 0.3 is 0 Å². The first-order valence-electron chi connectivity index (χ1n) is 19.2. The van der Waals surface area contributed by atoms with Gasteiger partial charge in [-0.15, -0.1) is 0 Å². The van der Waals surface area contributed by atoms with Gasteiger partial charge in [-0.1, -0.05) is 24.3 Å². The normalized spacial score (nSPS) is 21.4. The number of aromatic amines is 2. The zero-order valence-electron chi connectivity index (χ0n) is 31.3. The summed E-state index contributed by atoms with van der Waals surface area (Å²) in [5.41, 5.74) is 13.7. The smallest absolute Gasteiger partial charge is 0.0921 e. The molecule has 8 heterocycles. The molecule has 0 radical (unpaired) electrons. The Bertz CT molecular complexity index is 2130. The van der Waals surface area contributed by atoms with E-state index in [9.17, 15) is 0 Å². The molecular weight excluding hydrogens is 657 g/mol. The number of H-pyrrole nitrogens is 2. The van der Waals surface area contributed by atoms with Gasteiger partial charge < -0.3 is 15.3 Å². The standard InChI is InChI=1S/C43H50N10/c1-27-9-7-19-46-41(27)38-13-6-14-39(53(38)4)42-29(3)16-18-34(52-42)33(37-24-45-26-49-37)21-30-10-8-20-47-43(30)36-12-5-11-35(51-36)40-28(2)15-17-31(50-40)22-32-23-44-25-48-32/h7-10,15-20,23-26,33,35-36,38-39,51H,5-6,11-14,21-22H2,1-4H3,(H,44,48)(H,45,49)/t33?,35-,36+,38+,39-/m1/s1. The largest absolute Gasteiger partial charge is 0.348 e. The second kappa shape index (κ2) is 15.5. The highest BCUT2D eigenvalue weighted by molar-refractivity contribution is 5.35. The van der Waals surface area contributed by atoms with Gasteiger partial charge in [-0.3, -0.25) is 24.8 Å². The Labute approximate surface area is 312 Å². The first kappa shape index (κ1) is 35.0. The van der Waals surface area contributed by atoms with Crippen molar-refractivity contribution in [1.29, 1.82) is 0 Å². The molecule has 8 rings (SSSR count). The zero-order chi connectivity index (χ0) is 36.3. The number of rotatable bonds is 10. The van der Waals surface area contributed by atoms with Gasteiger partial charge in [-0.2, -0.15) is 0 Å². The number of pyridine rings is 4. The van der Waals surface area contributed by atoms with Gasteiger partial charge in [0.1, 0.15) is 0 Å². The Morgan fingerprint density at radius 2 is 1.38 bits per heavy atom. The Balaban J connectivity index is 1.07. The summed E-state index contributed by atoms with van der Waals surface area (Å²) < 4.78 is 0. The lowest BCUT2D eigenvalue weighted by Gasteiger charge is -2.40. The molecule has 6 aromatic heterocycles. The molecule has 10 nitrogen and oxygen atoms in total. The Morgan fingerprint density at radius 3 is 2.15 bits per heavy atom. The lowest BCUT2D eigenvalue weighted by atomic mass is 9.86. The van der Waals surface area contributed by atoms with Crippen LogP contribution in [0, 0.1) is 20.8 Å². The number of hydrogen-bond donors (Lipinski definition) is 3. The molecular formula is C43H50N10. The maximum absolute atomic E-state index is 5.53. The third kappa shape index (κ3) is 7.43. The minimum Gasteiger partial charge on any atom is -0.348 e. The summed E-state index contributed by atoms with van der Waals surface area (Å²) in [6.07, 6.45) is 19.2.